The van der Waals surface area contributed by atoms with Crippen LogP contribution in [-0.4, -0.2) is 23.4 Å². The molecule has 1 aliphatic heterocycles. The molecule has 0 bridgehead atoms. The molecule has 0 atom stereocenters. The largest absolute Gasteiger partial charge is 0.337 e. The fraction of sp³-hybridized carbons (Fsp3) is 0.273. The molecule has 0 spiro atoms. The lowest BCUT2D eigenvalue weighted by atomic mass is 10.2. The van der Waals surface area contributed by atoms with Gasteiger partial charge in [0, 0.05) is 13.0 Å². The molecule has 0 aromatic heterocycles. The molecule has 0 aliphatic carbocycles. The molecule has 4 nitrogen and oxygen atoms in total. The quantitative estimate of drug-likeness (QED) is 0.899. The summed E-state index contributed by atoms with van der Waals surface area (Å²) in [5.41, 5.74) is 0.768. The van der Waals surface area contributed by atoms with Gasteiger partial charge in [-0.1, -0.05) is 29.3 Å². The predicted molar refractivity (Wildman–Crippen MR) is 65.0 cm³/mol. The Morgan fingerprint density at radius 2 is 2.00 bits per heavy atom. The molecule has 1 aliphatic rings. The number of urea groups is 1. The summed E-state index contributed by atoms with van der Waals surface area (Å²) in [7, 11) is 0. The average molecular weight is 273 g/mol. The first kappa shape index (κ1) is 12.2. The van der Waals surface area contributed by atoms with E-state index in [1.807, 2.05) is 0 Å². The molecule has 17 heavy (non-hydrogen) atoms. The zero-order valence-electron chi connectivity index (χ0n) is 8.87. The molecule has 2 rings (SSSR count). The van der Waals surface area contributed by atoms with E-state index in [2.05, 4.69) is 5.32 Å². The highest BCUT2D eigenvalue weighted by Crippen LogP contribution is 2.23. The number of amides is 3. The van der Waals surface area contributed by atoms with Gasteiger partial charge in [0.25, 0.3) is 0 Å². The lowest BCUT2D eigenvalue weighted by molar-refractivity contribution is -0.129. The van der Waals surface area contributed by atoms with E-state index in [-0.39, 0.29) is 18.5 Å². The lowest BCUT2D eigenvalue weighted by Crippen LogP contribution is -2.49. The van der Waals surface area contributed by atoms with E-state index < -0.39 is 0 Å². The van der Waals surface area contributed by atoms with E-state index in [9.17, 15) is 9.59 Å². The molecule has 90 valence electrons. The van der Waals surface area contributed by atoms with Gasteiger partial charge in [0.15, 0.2) is 0 Å². The first-order valence-corrected chi connectivity index (χ1v) is 5.85. The van der Waals surface area contributed by atoms with Crippen molar-refractivity contribution >= 4 is 35.1 Å². The van der Waals surface area contributed by atoms with Crippen molar-refractivity contribution in [1.82, 2.24) is 10.2 Å². The van der Waals surface area contributed by atoms with Crippen LogP contribution in [0.15, 0.2) is 18.2 Å². The third-order valence-electron chi connectivity index (χ3n) is 2.49. The molecule has 1 saturated heterocycles. The minimum Gasteiger partial charge on any atom is -0.337 e. The summed E-state index contributed by atoms with van der Waals surface area (Å²) in [5.74, 6) is -0.181. The smallest absolute Gasteiger partial charge is 0.324 e. The highest BCUT2D eigenvalue weighted by Gasteiger charge is 2.25. The van der Waals surface area contributed by atoms with Crippen molar-refractivity contribution in [2.24, 2.45) is 0 Å². The monoisotopic (exact) mass is 272 g/mol. The molecule has 1 fully saturated rings. The summed E-state index contributed by atoms with van der Waals surface area (Å²) in [4.78, 5) is 24.2. The Morgan fingerprint density at radius 3 is 2.65 bits per heavy atom. The molecule has 0 saturated carbocycles. The Labute approximate surface area is 108 Å². The summed E-state index contributed by atoms with van der Waals surface area (Å²) >= 11 is 11.7. The Hall–Kier alpha value is -1.26. The summed E-state index contributed by atoms with van der Waals surface area (Å²) in [6.07, 6.45) is 0.326. The number of hydrogen-bond donors (Lipinski definition) is 1. The number of nitrogens with one attached hydrogen (secondary N) is 1. The maximum Gasteiger partial charge on any atom is 0.324 e. The SMILES string of the molecule is O=C1CCNC(=O)N1Cc1ccc(Cl)c(Cl)c1. The Bertz CT molecular complexity index is 461. The fourth-order valence-electron chi connectivity index (χ4n) is 1.60. The predicted octanol–water partition coefficient (Wildman–Crippen LogP) is 2.44. The van der Waals surface area contributed by atoms with Crippen LogP contribution >= 0.6 is 23.2 Å². The highest BCUT2D eigenvalue weighted by atomic mass is 35.5. The van der Waals surface area contributed by atoms with Crippen LogP contribution in [-0.2, 0) is 11.3 Å². The number of imide groups is 1. The average Bonchev–Trinajstić information content (AvgIpc) is 2.28. The summed E-state index contributed by atoms with van der Waals surface area (Å²) < 4.78 is 0. The zero-order chi connectivity index (χ0) is 12.4. The van der Waals surface area contributed by atoms with Crippen molar-refractivity contribution in [2.45, 2.75) is 13.0 Å². The van der Waals surface area contributed by atoms with Gasteiger partial charge in [0.2, 0.25) is 5.91 Å². The molecular formula is C11H10Cl2N2O2. The summed E-state index contributed by atoms with van der Waals surface area (Å²) in [5, 5.41) is 3.48. The second kappa shape index (κ2) is 4.94. The van der Waals surface area contributed by atoms with Gasteiger partial charge in [0.05, 0.1) is 16.6 Å². The number of rotatable bonds is 2. The van der Waals surface area contributed by atoms with Gasteiger partial charge in [-0.15, -0.1) is 0 Å². The normalized spacial score (nSPS) is 16.0. The van der Waals surface area contributed by atoms with Crippen LogP contribution in [0.3, 0.4) is 0 Å². The zero-order valence-corrected chi connectivity index (χ0v) is 10.4. The van der Waals surface area contributed by atoms with Crippen molar-refractivity contribution in [3.8, 4) is 0 Å². The van der Waals surface area contributed by atoms with E-state index in [0.717, 1.165) is 5.56 Å². The van der Waals surface area contributed by atoms with Crippen LogP contribution in [0, 0.1) is 0 Å². The first-order valence-electron chi connectivity index (χ1n) is 5.10. The Kier molecular flexibility index (Phi) is 3.54. The van der Waals surface area contributed by atoms with E-state index >= 15 is 0 Å². The van der Waals surface area contributed by atoms with Crippen LogP contribution in [0.25, 0.3) is 0 Å². The number of nitrogens with zero attached hydrogens (tertiary/aromatic N) is 1. The minimum atomic E-state index is -0.368. The van der Waals surface area contributed by atoms with Gasteiger partial charge in [-0.2, -0.15) is 0 Å². The van der Waals surface area contributed by atoms with Crippen molar-refractivity contribution in [3.63, 3.8) is 0 Å². The fourth-order valence-corrected chi connectivity index (χ4v) is 1.92. The molecule has 0 radical (unpaired) electrons. The van der Waals surface area contributed by atoms with Crippen molar-refractivity contribution < 1.29 is 9.59 Å². The molecule has 1 heterocycles. The van der Waals surface area contributed by atoms with E-state index in [1.54, 1.807) is 18.2 Å². The van der Waals surface area contributed by atoms with Crippen LogP contribution in [0.4, 0.5) is 4.79 Å². The van der Waals surface area contributed by atoms with Gasteiger partial charge >= 0.3 is 6.03 Å². The second-order valence-electron chi connectivity index (χ2n) is 3.71. The van der Waals surface area contributed by atoms with Crippen LogP contribution < -0.4 is 5.32 Å². The topological polar surface area (TPSA) is 49.4 Å². The number of carbonyl (C=O) groups is 2. The van der Waals surface area contributed by atoms with Crippen molar-refractivity contribution in [2.75, 3.05) is 6.54 Å². The number of hydrogen-bond acceptors (Lipinski definition) is 2. The summed E-state index contributed by atoms with van der Waals surface area (Å²) in [6.45, 7) is 0.608. The molecule has 1 aromatic carbocycles. The minimum absolute atomic E-state index is 0.181. The molecular weight excluding hydrogens is 263 g/mol. The second-order valence-corrected chi connectivity index (χ2v) is 4.52. The van der Waals surface area contributed by atoms with E-state index in [1.165, 1.54) is 4.90 Å². The first-order chi connectivity index (χ1) is 8.08. The molecule has 1 N–H and O–H groups in total. The Morgan fingerprint density at radius 1 is 1.24 bits per heavy atom. The maximum absolute atomic E-state index is 11.6. The van der Waals surface area contributed by atoms with Crippen molar-refractivity contribution in [3.05, 3.63) is 33.8 Å². The molecule has 3 amide bonds. The third-order valence-corrected chi connectivity index (χ3v) is 3.23. The number of halogens is 2. The van der Waals surface area contributed by atoms with E-state index in [0.29, 0.717) is 23.0 Å². The van der Waals surface area contributed by atoms with Gasteiger partial charge in [-0.05, 0) is 17.7 Å². The van der Waals surface area contributed by atoms with Crippen LogP contribution in [0.2, 0.25) is 10.0 Å². The standard InChI is InChI=1S/C11H10Cl2N2O2/c12-8-2-1-7(5-9(8)13)6-15-10(16)3-4-14-11(15)17/h1-2,5H,3-4,6H2,(H,14,17). The van der Waals surface area contributed by atoms with Gasteiger partial charge < -0.3 is 5.32 Å². The molecule has 1 aromatic rings. The molecule has 0 unspecified atom stereocenters. The van der Waals surface area contributed by atoms with Gasteiger partial charge in [-0.25, -0.2) is 4.79 Å². The van der Waals surface area contributed by atoms with Gasteiger partial charge in [-0.3, -0.25) is 9.69 Å². The van der Waals surface area contributed by atoms with Crippen molar-refractivity contribution in [1.29, 1.82) is 0 Å². The van der Waals surface area contributed by atoms with E-state index in [4.69, 9.17) is 23.2 Å². The number of benzene rings is 1. The molecule has 6 heteroatoms. The maximum atomic E-state index is 11.6. The third kappa shape index (κ3) is 2.70. The number of carbonyl (C=O) groups excluding carboxylic acids is 2. The highest BCUT2D eigenvalue weighted by molar-refractivity contribution is 6.42. The van der Waals surface area contributed by atoms with Crippen LogP contribution in [0.5, 0.6) is 0 Å². The summed E-state index contributed by atoms with van der Waals surface area (Å²) in [6, 6.07) is 4.67. The lowest BCUT2D eigenvalue weighted by Gasteiger charge is -2.25. The Balaban J connectivity index is 2.16. The van der Waals surface area contributed by atoms with Crippen LogP contribution in [0.1, 0.15) is 12.0 Å². The van der Waals surface area contributed by atoms with Gasteiger partial charge in [0.1, 0.15) is 0 Å².